The minimum absolute atomic E-state index is 0.0979. The summed E-state index contributed by atoms with van der Waals surface area (Å²) in [7, 11) is 3.27. The number of rotatable bonds is 14. The number of methoxy groups -OCH3 is 2. The molecule has 0 heterocycles. The summed E-state index contributed by atoms with van der Waals surface area (Å²) in [6.45, 7) is 4.64. The van der Waals surface area contributed by atoms with Crippen molar-refractivity contribution >= 4 is 11.9 Å². The molecule has 0 bridgehead atoms. The van der Waals surface area contributed by atoms with Gasteiger partial charge in [0, 0.05) is 39.9 Å². The first-order valence-corrected chi connectivity index (χ1v) is 8.36. The molecule has 0 fully saturated rings. The largest absolute Gasteiger partial charge is 0.466 e. The Kier molecular flexibility index (Phi) is 13.7. The second kappa shape index (κ2) is 14.5. The Hall–Kier alpha value is -1.14. The van der Waals surface area contributed by atoms with Crippen LogP contribution in [0.1, 0.15) is 58.8 Å². The van der Waals surface area contributed by atoms with E-state index < -0.39 is 0 Å². The number of hydrogen-bond donors (Lipinski definition) is 0. The third kappa shape index (κ3) is 14.2. The summed E-state index contributed by atoms with van der Waals surface area (Å²) in [6.07, 6.45) is 4.66. The van der Waals surface area contributed by atoms with Gasteiger partial charge in [-0.15, -0.1) is 0 Å². The highest BCUT2D eigenvalue weighted by Crippen LogP contribution is 2.06. The van der Waals surface area contributed by atoms with Crippen LogP contribution in [-0.4, -0.2) is 51.6 Å². The third-order valence-corrected chi connectivity index (χ3v) is 3.64. The molecular formula is C17H32O6. The highest BCUT2D eigenvalue weighted by Gasteiger charge is 2.07. The Morgan fingerprint density at radius 3 is 1.48 bits per heavy atom. The van der Waals surface area contributed by atoms with Crippen molar-refractivity contribution in [2.45, 2.75) is 71.0 Å². The van der Waals surface area contributed by atoms with E-state index in [0.29, 0.717) is 38.9 Å². The minimum Gasteiger partial charge on any atom is -0.466 e. The minimum atomic E-state index is -0.190. The zero-order valence-corrected chi connectivity index (χ0v) is 15.0. The average Bonchev–Trinajstić information content (AvgIpc) is 2.54. The molecule has 136 valence electrons. The highest BCUT2D eigenvalue weighted by atomic mass is 16.5. The zero-order valence-electron chi connectivity index (χ0n) is 15.0. The maximum atomic E-state index is 11.5. The number of unbranched alkanes of at least 4 members (excludes halogenated alkanes) is 2. The van der Waals surface area contributed by atoms with Crippen molar-refractivity contribution in [3.05, 3.63) is 0 Å². The van der Waals surface area contributed by atoms with E-state index in [0.717, 1.165) is 19.3 Å². The van der Waals surface area contributed by atoms with Gasteiger partial charge in [0.1, 0.15) is 0 Å². The fourth-order valence-corrected chi connectivity index (χ4v) is 1.77. The fourth-order valence-electron chi connectivity index (χ4n) is 1.77. The van der Waals surface area contributed by atoms with Gasteiger partial charge in [-0.25, -0.2) is 0 Å². The monoisotopic (exact) mass is 332 g/mol. The van der Waals surface area contributed by atoms with E-state index in [1.165, 1.54) is 0 Å². The first-order chi connectivity index (χ1) is 11.0. The van der Waals surface area contributed by atoms with Gasteiger partial charge in [-0.3, -0.25) is 9.59 Å². The van der Waals surface area contributed by atoms with E-state index >= 15 is 0 Å². The maximum absolute atomic E-state index is 11.5. The summed E-state index contributed by atoms with van der Waals surface area (Å²) < 4.78 is 20.4. The summed E-state index contributed by atoms with van der Waals surface area (Å²) >= 11 is 0. The van der Waals surface area contributed by atoms with Crippen molar-refractivity contribution in [1.29, 1.82) is 0 Å². The number of hydrogen-bond acceptors (Lipinski definition) is 6. The van der Waals surface area contributed by atoms with Crippen molar-refractivity contribution in [3.63, 3.8) is 0 Å². The van der Waals surface area contributed by atoms with E-state index in [2.05, 4.69) is 0 Å². The van der Waals surface area contributed by atoms with E-state index in [4.69, 9.17) is 18.9 Å². The molecule has 2 atom stereocenters. The Morgan fingerprint density at radius 2 is 1.13 bits per heavy atom. The molecule has 0 N–H and O–H groups in total. The lowest BCUT2D eigenvalue weighted by atomic mass is 10.1. The van der Waals surface area contributed by atoms with Crippen molar-refractivity contribution < 1.29 is 28.5 Å². The predicted octanol–water partition coefficient (Wildman–Crippen LogP) is 2.87. The second-order valence-electron chi connectivity index (χ2n) is 5.67. The molecule has 0 rings (SSSR count). The van der Waals surface area contributed by atoms with E-state index in [1.54, 1.807) is 14.2 Å². The third-order valence-electron chi connectivity index (χ3n) is 3.64. The van der Waals surface area contributed by atoms with Gasteiger partial charge in [-0.05, 0) is 26.7 Å². The Labute approximate surface area is 139 Å². The maximum Gasteiger partial charge on any atom is 0.305 e. The topological polar surface area (TPSA) is 71.1 Å². The molecule has 0 aromatic heterocycles. The molecule has 0 saturated carbocycles. The van der Waals surface area contributed by atoms with Crippen molar-refractivity contribution in [3.8, 4) is 0 Å². The lowest BCUT2D eigenvalue weighted by molar-refractivity contribution is -0.144. The molecule has 2 unspecified atom stereocenters. The second-order valence-corrected chi connectivity index (χ2v) is 5.67. The van der Waals surface area contributed by atoms with Gasteiger partial charge in [0.15, 0.2) is 0 Å². The first-order valence-electron chi connectivity index (χ1n) is 8.36. The smallest absolute Gasteiger partial charge is 0.305 e. The van der Waals surface area contributed by atoms with Crippen LogP contribution in [0.25, 0.3) is 0 Å². The van der Waals surface area contributed by atoms with Crippen LogP contribution < -0.4 is 0 Å². The van der Waals surface area contributed by atoms with Crippen LogP contribution in [0.2, 0.25) is 0 Å². The number of carbonyl (C=O) groups is 2. The SMILES string of the molecule is COC(C)CCOC(=O)CCCCCC(=O)OCCC(C)OC. The molecule has 0 aliphatic rings. The zero-order chi connectivity index (χ0) is 17.5. The van der Waals surface area contributed by atoms with Gasteiger partial charge in [0.25, 0.3) is 0 Å². The first kappa shape index (κ1) is 21.9. The molecule has 0 saturated heterocycles. The molecule has 0 aromatic rings. The van der Waals surface area contributed by atoms with Crippen molar-refractivity contribution in [1.82, 2.24) is 0 Å². The molecule has 0 spiro atoms. The summed E-state index contributed by atoms with van der Waals surface area (Å²) in [4.78, 5) is 23.0. The summed E-state index contributed by atoms with van der Waals surface area (Å²) in [5.41, 5.74) is 0. The van der Waals surface area contributed by atoms with Crippen LogP contribution in [0, 0.1) is 0 Å². The predicted molar refractivity (Wildman–Crippen MR) is 87.2 cm³/mol. The average molecular weight is 332 g/mol. The Bertz CT molecular complexity index is 288. The lowest BCUT2D eigenvalue weighted by Gasteiger charge is -2.10. The summed E-state index contributed by atoms with van der Waals surface area (Å²) in [5, 5.41) is 0. The van der Waals surface area contributed by atoms with Crippen LogP contribution in [-0.2, 0) is 28.5 Å². The van der Waals surface area contributed by atoms with Gasteiger partial charge < -0.3 is 18.9 Å². The molecule has 0 amide bonds. The van der Waals surface area contributed by atoms with Gasteiger partial charge in [0.05, 0.1) is 25.4 Å². The van der Waals surface area contributed by atoms with Crippen LogP contribution in [0.5, 0.6) is 0 Å². The Balaban J connectivity index is 3.43. The van der Waals surface area contributed by atoms with E-state index in [-0.39, 0.29) is 24.1 Å². The van der Waals surface area contributed by atoms with Gasteiger partial charge in [0.2, 0.25) is 0 Å². The van der Waals surface area contributed by atoms with Gasteiger partial charge in [-0.2, -0.15) is 0 Å². The number of ether oxygens (including phenoxy) is 4. The quantitative estimate of drug-likeness (QED) is 0.360. The van der Waals surface area contributed by atoms with Crippen LogP contribution in [0.15, 0.2) is 0 Å². The molecule has 23 heavy (non-hydrogen) atoms. The molecule has 0 aromatic carbocycles. The molecule has 6 heteroatoms. The van der Waals surface area contributed by atoms with Gasteiger partial charge in [-0.1, -0.05) is 6.42 Å². The molecule has 0 aliphatic heterocycles. The highest BCUT2D eigenvalue weighted by molar-refractivity contribution is 5.69. The van der Waals surface area contributed by atoms with E-state index in [1.807, 2.05) is 13.8 Å². The molecular weight excluding hydrogens is 300 g/mol. The summed E-state index contributed by atoms with van der Waals surface area (Å²) in [5.74, 6) is -0.381. The standard InChI is InChI=1S/C17H32O6/c1-14(20-3)10-12-22-16(18)8-6-5-7-9-17(19)23-13-11-15(2)21-4/h14-15H,5-13H2,1-4H3. The van der Waals surface area contributed by atoms with Gasteiger partial charge >= 0.3 is 11.9 Å². The normalized spacial score (nSPS) is 13.4. The molecule has 0 radical (unpaired) electrons. The fraction of sp³-hybridized carbons (Fsp3) is 0.882. The van der Waals surface area contributed by atoms with Crippen molar-refractivity contribution in [2.75, 3.05) is 27.4 Å². The number of esters is 2. The summed E-state index contributed by atoms with van der Waals surface area (Å²) in [6, 6.07) is 0. The lowest BCUT2D eigenvalue weighted by Crippen LogP contribution is -2.13. The number of carbonyl (C=O) groups excluding carboxylic acids is 2. The van der Waals surface area contributed by atoms with E-state index in [9.17, 15) is 9.59 Å². The van der Waals surface area contributed by atoms with Crippen LogP contribution in [0.3, 0.4) is 0 Å². The Morgan fingerprint density at radius 1 is 0.739 bits per heavy atom. The van der Waals surface area contributed by atoms with Crippen molar-refractivity contribution in [2.24, 2.45) is 0 Å². The molecule has 0 aliphatic carbocycles. The van der Waals surface area contributed by atoms with Crippen LogP contribution >= 0.6 is 0 Å². The molecule has 6 nitrogen and oxygen atoms in total. The van der Waals surface area contributed by atoms with Crippen LogP contribution in [0.4, 0.5) is 0 Å².